The molecule has 0 spiro atoms. The Balaban J connectivity index is 1.68. The fourth-order valence-electron chi connectivity index (χ4n) is 3.14. The molecule has 2 aliphatic heterocycles. The zero-order chi connectivity index (χ0) is 15.4. The van der Waals surface area contributed by atoms with Gasteiger partial charge in [-0.15, -0.1) is 0 Å². The van der Waals surface area contributed by atoms with Gasteiger partial charge < -0.3 is 9.64 Å². The first-order chi connectivity index (χ1) is 10.8. The molecule has 2 heterocycles. The molecule has 1 aromatic carbocycles. The third-order valence-electron chi connectivity index (χ3n) is 4.42. The van der Waals surface area contributed by atoms with Gasteiger partial charge in [0, 0.05) is 13.1 Å². The molecule has 2 aliphatic rings. The Labute approximate surface area is 130 Å². The predicted octanol–water partition coefficient (Wildman–Crippen LogP) is 2.58. The number of likely N-dealkylation sites (tertiary alicyclic amines) is 1. The number of ether oxygens (including phenoxy) is 1. The van der Waals surface area contributed by atoms with E-state index in [1.165, 1.54) is 12.8 Å². The second kappa shape index (κ2) is 6.81. The smallest absolute Gasteiger partial charge is 0.410 e. The third kappa shape index (κ3) is 3.24. The van der Waals surface area contributed by atoms with Crippen LogP contribution < -0.4 is 0 Å². The van der Waals surface area contributed by atoms with Gasteiger partial charge in [-0.1, -0.05) is 43.2 Å². The van der Waals surface area contributed by atoms with Crippen LogP contribution in [0.1, 0.15) is 37.3 Å². The van der Waals surface area contributed by atoms with E-state index < -0.39 is 6.09 Å². The average molecular weight is 302 g/mol. The second-order valence-corrected chi connectivity index (χ2v) is 5.93. The van der Waals surface area contributed by atoms with Crippen LogP contribution in [0.2, 0.25) is 0 Å². The molecule has 0 aliphatic carbocycles. The van der Waals surface area contributed by atoms with E-state index in [1.54, 1.807) is 4.90 Å². The Morgan fingerprint density at radius 2 is 1.77 bits per heavy atom. The summed E-state index contributed by atoms with van der Waals surface area (Å²) < 4.78 is 5.16. The van der Waals surface area contributed by atoms with E-state index in [4.69, 9.17) is 4.74 Å². The van der Waals surface area contributed by atoms with Crippen LogP contribution in [0.3, 0.4) is 0 Å². The van der Waals surface area contributed by atoms with E-state index >= 15 is 0 Å². The highest BCUT2D eigenvalue weighted by Gasteiger charge is 2.36. The second-order valence-electron chi connectivity index (χ2n) is 5.93. The van der Waals surface area contributed by atoms with Crippen molar-refractivity contribution in [3.8, 4) is 0 Å². The first-order valence-corrected chi connectivity index (χ1v) is 8.02. The summed E-state index contributed by atoms with van der Waals surface area (Å²) in [7, 11) is 0. The van der Waals surface area contributed by atoms with Crippen molar-refractivity contribution in [3.05, 3.63) is 35.9 Å². The molecule has 5 nitrogen and oxygen atoms in total. The van der Waals surface area contributed by atoms with Gasteiger partial charge >= 0.3 is 6.09 Å². The van der Waals surface area contributed by atoms with Gasteiger partial charge in [0.25, 0.3) is 0 Å². The molecule has 0 unspecified atom stereocenters. The van der Waals surface area contributed by atoms with E-state index in [2.05, 4.69) is 0 Å². The summed E-state index contributed by atoms with van der Waals surface area (Å²) in [5.41, 5.74) is 1.01. The van der Waals surface area contributed by atoms with Crippen molar-refractivity contribution in [2.24, 2.45) is 0 Å². The standard InChI is InChI=1S/C17H22N2O3/c20-16(18-10-6-1-2-7-11-18)12-19-15(13-22-17(19)21)14-8-4-3-5-9-14/h3-5,8-9,15H,1-2,6-7,10-13H2/t15-/m1/s1. The Morgan fingerprint density at radius 3 is 2.45 bits per heavy atom. The van der Waals surface area contributed by atoms with Gasteiger partial charge in [0.05, 0.1) is 6.04 Å². The fraction of sp³-hybridized carbons (Fsp3) is 0.529. The molecule has 2 saturated heterocycles. The Kier molecular flexibility index (Phi) is 4.61. The quantitative estimate of drug-likeness (QED) is 0.862. The molecule has 0 bridgehead atoms. The van der Waals surface area contributed by atoms with Crippen molar-refractivity contribution in [2.45, 2.75) is 31.7 Å². The van der Waals surface area contributed by atoms with Gasteiger partial charge in [0.1, 0.15) is 13.2 Å². The molecule has 0 N–H and O–H groups in total. The van der Waals surface area contributed by atoms with Crippen LogP contribution in [0.4, 0.5) is 4.79 Å². The van der Waals surface area contributed by atoms with E-state index in [9.17, 15) is 9.59 Å². The maximum Gasteiger partial charge on any atom is 0.410 e. The number of cyclic esters (lactones) is 1. The van der Waals surface area contributed by atoms with Crippen LogP contribution in [0.25, 0.3) is 0 Å². The summed E-state index contributed by atoms with van der Waals surface area (Å²) >= 11 is 0. The highest BCUT2D eigenvalue weighted by atomic mass is 16.6. The molecule has 1 aromatic rings. The lowest BCUT2D eigenvalue weighted by Crippen LogP contribution is -2.42. The van der Waals surface area contributed by atoms with Crippen molar-refractivity contribution >= 4 is 12.0 Å². The minimum atomic E-state index is -0.392. The molecular formula is C17H22N2O3. The van der Waals surface area contributed by atoms with Gasteiger partial charge in [-0.05, 0) is 18.4 Å². The maximum atomic E-state index is 12.5. The largest absolute Gasteiger partial charge is 0.447 e. The number of nitrogens with zero attached hydrogens (tertiary/aromatic N) is 2. The van der Waals surface area contributed by atoms with Gasteiger partial charge in [-0.2, -0.15) is 0 Å². The van der Waals surface area contributed by atoms with Crippen LogP contribution in [-0.4, -0.2) is 48.0 Å². The molecule has 5 heteroatoms. The summed E-state index contributed by atoms with van der Waals surface area (Å²) in [6, 6.07) is 9.59. The molecule has 2 fully saturated rings. The monoisotopic (exact) mass is 302 g/mol. The predicted molar refractivity (Wildman–Crippen MR) is 82.3 cm³/mol. The van der Waals surface area contributed by atoms with Gasteiger partial charge in [-0.3, -0.25) is 9.69 Å². The molecule has 0 radical (unpaired) electrons. The summed E-state index contributed by atoms with van der Waals surface area (Å²) in [5, 5.41) is 0. The molecule has 2 amide bonds. The zero-order valence-corrected chi connectivity index (χ0v) is 12.7. The van der Waals surface area contributed by atoms with Crippen molar-refractivity contribution in [3.63, 3.8) is 0 Å². The minimum absolute atomic E-state index is 0.0293. The SMILES string of the molecule is O=C(CN1C(=O)OC[C@@H]1c1ccccc1)N1CCCCCC1. The number of carbonyl (C=O) groups is 2. The molecule has 1 atom stereocenters. The maximum absolute atomic E-state index is 12.5. The first kappa shape index (κ1) is 14.9. The summed E-state index contributed by atoms with van der Waals surface area (Å²) in [5.74, 6) is 0.0293. The van der Waals surface area contributed by atoms with Crippen LogP contribution in [0, 0.1) is 0 Å². The Bertz CT molecular complexity index is 524. The third-order valence-corrected chi connectivity index (χ3v) is 4.42. The van der Waals surface area contributed by atoms with Crippen molar-refractivity contribution in [1.29, 1.82) is 0 Å². The fourth-order valence-corrected chi connectivity index (χ4v) is 3.14. The number of hydrogen-bond acceptors (Lipinski definition) is 3. The molecule has 3 rings (SSSR count). The van der Waals surface area contributed by atoms with Crippen LogP contribution in [-0.2, 0) is 9.53 Å². The summed E-state index contributed by atoms with van der Waals surface area (Å²) in [6.07, 6.45) is 4.08. The highest BCUT2D eigenvalue weighted by Crippen LogP contribution is 2.27. The lowest BCUT2D eigenvalue weighted by molar-refractivity contribution is -0.132. The van der Waals surface area contributed by atoms with Crippen molar-refractivity contribution < 1.29 is 14.3 Å². The molecule has 0 aromatic heterocycles. The number of hydrogen-bond donors (Lipinski definition) is 0. The van der Waals surface area contributed by atoms with Gasteiger partial charge in [-0.25, -0.2) is 4.79 Å². The number of carbonyl (C=O) groups excluding carboxylic acids is 2. The lowest BCUT2D eigenvalue weighted by Gasteiger charge is -2.26. The zero-order valence-electron chi connectivity index (χ0n) is 12.7. The van der Waals surface area contributed by atoms with Crippen LogP contribution in [0.15, 0.2) is 30.3 Å². The number of rotatable bonds is 3. The summed E-state index contributed by atoms with van der Waals surface area (Å²) in [6.45, 7) is 2.03. The lowest BCUT2D eigenvalue weighted by atomic mass is 10.1. The highest BCUT2D eigenvalue weighted by molar-refractivity contribution is 5.83. The van der Waals surface area contributed by atoms with Crippen molar-refractivity contribution in [2.75, 3.05) is 26.2 Å². The Morgan fingerprint density at radius 1 is 1.09 bits per heavy atom. The molecule has 22 heavy (non-hydrogen) atoms. The van der Waals surface area contributed by atoms with Crippen molar-refractivity contribution in [1.82, 2.24) is 9.80 Å². The normalized spacial score (nSPS) is 22.4. The van der Waals surface area contributed by atoms with E-state index in [1.807, 2.05) is 35.2 Å². The average Bonchev–Trinajstić information content (AvgIpc) is 2.77. The molecular weight excluding hydrogens is 280 g/mol. The van der Waals surface area contributed by atoms with Crippen LogP contribution in [0.5, 0.6) is 0 Å². The van der Waals surface area contributed by atoms with Crippen LogP contribution >= 0.6 is 0 Å². The Hall–Kier alpha value is -2.04. The van der Waals surface area contributed by atoms with Gasteiger partial charge in [0.15, 0.2) is 0 Å². The summed E-state index contributed by atoms with van der Waals surface area (Å²) in [4.78, 5) is 27.9. The first-order valence-electron chi connectivity index (χ1n) is 8.02. The van der Waals surface area contributed by atoms with Gasteiger partial charge in [0.2, 0.25) is 5.91 Å². The van der Waals surface area contributed by atoms with E-state index in [0.717, 1.165) is 31.5 Å². The van der Waals surface area contributed by atoms with E-state index in [0.29, 0.717) is 6.61 Å². The topological polar surface area (TPSA) is 49.9 Å². The minimum Gasteiger partial charge on any atom is -0.447 e. The van der Waals surface area contributed by atoms with E-state index in [-0.39, 0.29) is 18.5 Å². The molecule has 0 saturated carbocycles. The number of benzene rings is 1. The molecule has 118 valence electrons. The number of amides is 2.